The highest BCUT2D eigenvalue weighted by Gasteiger charge is 2.27. The Morgan fingerprint density at radius 3 is 1.18 bits per heavy atom. The summed E-state index contributed by atoms with van der Waals surface area (Å²) in [5.41, 5.74) is 0. The lowest BCUT2D eigenvalue weighted by atomic mass is 10.1. The summed E-state index contributed by atoms with van der Waals surface area (Å²) in [4.78, 5) is 24.1. The molecular formula is C33H68N2O5+2. The molecule has 0 aromatic heterocycles. The first-order chi connectivity index (χ1) is 19.0. The van der Waals surface area contributed by atoms with Crippen LogP contribution in [0.1, 0.15) is 129 Å². The number of likely N-dealkylation sites (N-methyl/N-ethyl adjacent to an activating group) is 2. The van der Waals surface area contributed by atoms with E-state index in [2.05, 4.69) is 42.0 Å². The number of aliphatic hydroxyl groups is 1. The molecule has 0 spiro atoms. The Morgan fingerprint density at radius 1 is 0.550 bits per heavy atom. The topological polar surface area (TPSA) is 72.8 Å². The third kappa shape index (κ3) is 25.8. The second kappa shape index (κ2) is 24.4. The number of quaternary nitrogens is 2. The summed E-state index contributed by atoms with van der Waals surface area (Å²) >= 11 is 0. The molecule has 0 rings (SSSR count). The SMILES string of the molecule is CCCCCCCCCCCC(=O)OCC[N+](C)(C)CC(O)C[N+](C)(C)CCOC(=O)CCCCCCCCC. The van der Waals surface area contributed by atoms with Crippen molar-refractivity contribution in [3.63, 3.8) is 0 Å². The Hall–Kier alpha value is -1.18. The number of hydrogen-bond donors (Lipinski definition) is 1. The smallest absolute Gasteiger partial charge is 0.305 e. The molecule has 0 aliphatic rings. The lowest BCUT2D eigenvalue weighted by molar-refractivity contribution is -0.914. The molecule has 0 bridgehead atoms. The maximum Gasteiger partial charge on any atom is 0.305 e. The number of ether oxygens (including phenoxy) is 2. The number of carbonyl (C=O) groups excluding carboxylic acids is 2. The van der Waals surface area contributed by atoms with E-state index in [4.69, 9.17) is 9.47 Å². The highest BCUT2D eigenvalue weighted by molar-refractivity contribution is 5.69. The Morgan fingerprint density at radius 2 is 0.850 bits per heavy atom. The van der Waals surface area contributed by atoms with Gasteiger partial charge in [0.05, 0.1) is 28.2 Å². The molecule has 1 N–H and O–H groups in total. The van der Waals surface area contributed by atoms with Crippen LogP contribution in [0.2, 0.25) is 0 Å². The minimum Gasteiger partial charge on any atom is -0.460 e. The van der Waals surface area contributed by atoms with Gasteiger partial charge in [-0.05, 0) is 12.8 Å². The summed E-state index contributed by atoms with van der Waals surface area (Å²) in [5.74, 6) is -0.220. The van der Waals surface area contributed by atoms with E-state index in [1.807, 2.05) is 0 Å². The second-order valence-electron chi connectivity index (χ2n) is 13.2. The van der Waals surface area contributed by atoms with Gasteiger partial charge >= 0.3 is 11.9 Å². The molecule has 0 amide bonds. The number of rotatable bonds is 28. The van der Waals surface area contributed by atoms with Crippen LogP contribution in [-0.4, -0.2) is 99.7 Å². The molecule has 0 saturated heterocycles. The molecular weight excluding hydrogens is 504 g/mol. The number of esters is 2. The zero-order valence-electron chi connectivity index (χ0n) is 27.5. The van der Waals surface area contributed by atoms with Crippen LogP contribution < -0.4 is 0 Å². The zero-order valence-corrected chi connectivity index (χ0v) is 27.5. The van der Waals surface area contributed by atoms with Crippen LogP contribution in [0.15, 0.2) is 0 Å². The number of carbonyl (C=O) groups is 2. The quantitative estimate of drug-likeness (QED) is 0.0646. The summed E-state index contributed by atoms with van der Waals surface area (Å²) in [6.07, 6.45) is 19.9. The van der Waals surface area contributed by atoms with Crippen molar-refractivity contribution in [2.75, 3.05) is 67.6 Å². The van der Waals surface area contributed by atoms with E-state index in [1.54, 1.807) is 0 Å². The van der Waals surface area contributed by atoms with Crippen molar-refractivity contribution in [3.8, 4) is 0 Å². The first kappa shape index (κ1) is 38.8. The normalized spacial score (nSPS) is 12.9. The molecule has 0 aromatic carbocycles. The number of hydrogen-bond acceptors (Lipinski definition) is 5. The van der Waals surface area contributed by atoms with E-state index in [0.29, 0.717) is 61.2 Å². The van der Waals surface area contributed by atoms with Crippen molar-refractivity contribution < 1.29 is 33.1 Å². The first-order valence-corrected chi connectivity index (χ1v) is 16.6. The molecule has 0 aliphatic carbocycles. The highest BCUT2D eigenvalue weighted by Crippen LogP contribution is 2.12. The lowest BCUT2D eigenvalue weighted by Crippen LogP contribution is -2.54. The number of nitrogens with zero attached hydrogens (tertiary/aromatic N) is 2. The molecule has 7 heteroatoms. The fourth-order valence-corrected chi connectivity index (χ4v) is 5.15. The number of aliphatic hydroxyl groups excluding tert-OH is 1. The Kier molecular flexibility index (Phi) is 23.7. The fourth-order valence-electron chi connectivity index (χ4n) is 5.15. The molecule has 0 saturated carbocycles. The van der Waals surface area contributed by atoms with Crippen molar-refractivity contribution in [3.05, 3.63) is 0 Å². The molecule has 0 heterocycles. The van der Waals surface area contributed by atoms with Gasteiger partial charge in [-0.3, -0.25) is 9.59 Å². The van der Waals surface area contributed by atoms with Gasteiger partial charge in [0.25, 0.3) is 0 Å². The van der Waals surface area contributed by atoms with Gasteiger partial charge in [0.1, 0.15) is 39.4 Å². The minimum absolute atomic E-state index is 0.109. The second-order valence-corrected chi connectivity index (χ2v) is 13.2. The monoisotopic (exact) mass is 573 g/mol. The predicted octanol–water partition coefficient (Wildman–Crippen LogP) is 6.65. The highest BCUT2D eigenvalue weighted by atomic mass is 16.5. The molecule has 0 fully saturated rings. The van der Waals surface area contributed by atoms with Gasteiger partial charge in [0.15, 0.2) is 6.10 Å². The van der Waals surface area contributed by atoms with E-state index in [1.165, 1.54) is 77.0 Å². The first-order valence-electron chi connectivity index (χ1n) is 16.6. The standard InChI is InChI=1S/C33H68N2O5/c1-7-9-11-13-15-16-18-20-22-24-33(38)40-28-26-35(5,6)30-31(36)29-34(3,4)25-27-39-32(37)23-21-19-17-14-12-10-8-2/h31,36H,7-30H2,1-6H3/q+2. The van der Waals surface area contributed by atoms with Gasteiger partial charge in [0, 0.05) is 12.8 Å². The summed E-state index contributed by atoms with van der Waals surface area (Å²) < 4.78 is 12.1. The molecule has 1 atom stereocenters. The van der Waals surface area contributed by atoms with Crippen LogP contribution in [0.4, 0.5) is 0 Å². The van der Waals surface area contributed by atoms with Crippen LogP contribution in [0, 0.1) is 0 Å². The van der Waals surface area contributed by atoms with Crippen LogP contribution >= 0.6 is 0 Å². The average Bonchev–Trinajstić information content (AvgIpc) is 2.86. The Labute approximate surface area is 248 Å². The average molecular weight is 573 g/mol. The van der Waals surface area contributed by atoms with Crippen LogP contribution in [0.5, 0.6) is 0 Å². The fraction of sp³-hybridized carbons (Fsp3) is 0.939. The van der Waals surface area contributed by atoms with Gasteiger partial charge < -0.3 is 23.5 Å². The molecule has 0 radical (unpaired) electrons. The van der Waals surface area contributed by atoms with Gasteiger partial charge in [-0.15, -0.1) is 0 Å². The summed E-state index contributed by atoms with van der Waals surface area (Å²) in [5, 5.41) is 10.8. The maximum atomic E-state index is 12.1. The van der Waals surface area contributed by atoms with Crippen molar-refractivity contribution >= 4 is 11.9 Å². The van der Waals surface area contributed by atoms with Crippen LogP contribution in [-0.2, 0) is 19.1 Å². The van der Waals surface area contributed by atoms with Crippen LogP contribution in [0.25, 0.3) is 0 Å². The molecule has 238 valence electrons. The van der Waals surface area contributed by atoms with E-state index in [9.17, 15) is 14.7 Å². The zero-order chi connectivity index (χ0) is 30.1. The molecule has 40 heavy (non-hydrogen) atoms. The van der Waals surface area contributed by atoms with Gasteiger partial charge in [-0.1, -0.05) is 104 Å². The third-order valence-electron chi connectivity index (χ3n) is 7.80. The minimum atomic E-state index is -0.494. The largest absolute Gasteiger partial charge is 0.460 e. The van der Waals surface area contributed by atoms with E-state index in [-0.39, 0.29) is 11.9 Å². The summed E-state index contributed by atoms with van der Waals surface area (Å²) in [7, 11) is 8.23. The summed E-state index contributed by atoms with van der Waals surface area (Å²) in [6, 6.07) is 0. The number of unbranched alkanes of at least 4 members (excludes halogenated alkanes) is 14. The molecule has 0 aromatic rings. The molecule has 1 unspecified atom stereocenters. The van der Waals surface area contributed by atoms with Gasteiger partial charge in [0.2, 0.25) is 0 Å². The van der Waals surface area contributed by atoms with Crippen LogP contribution in [0.3, 0.4) is 0 Å². The van der Waals surface area contributed by atoms with E-state index >= 15 is 0 Å². The van der Waals surface area contributed by atoms with Gasteiger partial charge in [-0.25, -0.2) is 0 Å². The third-order valence-corrected chi connectivity index (χ3v) is 7.80. The molecule has 0 aliphatic heterocycles. The lowest BCUT2D eigenvalue weighted by Gasteiger charge is -2.35. The Balaban J connectivity index is 3.95. The predicted molar refractivity (Wildman–Crippen MR) is 166 cm³/mol. The van der Waals surface area contributed by atoms with Crippen molar-refractivity contribution in [2.24, 2.45) is 0 Å². The molecule has 7 nitrogen and oxygen atoms in total. The van der Waals surface area contributed by atoms with Crippen molar-refractivity contribution in [1.82, 2.24) is 0 Å². The summed E-state index contributed by atoms with van der Waals surface area (Å²) in [6.45, 7) is 7.72. The van der Waals surface area contributed by atoms with Crippen molar-refractivity contribution in [2.45, 2.75) is 136 Å². The van der Waals surface area contributed by atoms with Crippen molar-refractivity contribution in [1.29, 1.82) is 0 Å². The maximum absolute atomic E-state index is 12.1. The van der Waals surface area contributed by atoms with E-state index < -0.39 is 6.10 Å². The van der Waals surface area contributed by atoms with E-state index in [0.717, 1.165) is 25.7 Å². The van der Waals surface area contributed by atoms with Gasteiger partial charge in [-0.2, -0.15) is 0 Å². The Bertz CT molecular complexity index is 624.